The molecule has 0 bridgehead atoms. The lowest BCUT2D eigenvalue weighted by Gasteiger charge is -2.44. The molecule has 0 N–H and O–H groups in total. The van der Waals surface area contributed by atoms with Gasteiger partial charge < -0.3 is 13.9 Å². The highest BCUT2D eigenvalue weighted by Crippen LogP contribution is 2.38. The first-order chi connectivity index (χ1) is 18.4. The molecule has 1 fully saturated rings. The summed E-state index contributed by atoms with van der Waals surface area (Å²) in [6, 6.07) is 31.6. The van der Waals surface area contributed by atoms with Crippen molar-refractivity contribution in [1.29, 1.82) is 0 Å². The number of ether oxygens (including phenoxy) is 3. The van der Waals surface area contributed by atoms with Crippen LogP contribution < -0.4 is 10.4 Å². The Hall–Kier alpha value is -2.67. The molecule has 0 amide bonds. The fourth-order valence-corrected chi connectivity index (χ4v) is 10.0. The van der Waals surface area contributed by atoms with Crippen molar-refractivity contribution in [1.82, 2.24) is 0 Å². The first kappa shape index (κ1) is 28.3. The number of hydrogen-bond donors (Lipinski definition) is 0. The maximum absolute atomic E-state index is 7.28. The number of hydrogen-bond acceptors (Lipinski definition) is 4. The molecule has 4 nitrogen and oxygen atoms in total. The van der Waals surface area contributed by atoms with E-state index in [1.165, 1.54) is 10.4 Å². The minimum Gasteiger partial charge on any atom is -0.405 e. The van der Waals surface area contributed by atoms with Gasteiger partial charge in [0.1, 0.15) is 18.3 Å². The van der Waals surface area contributed by atoms with Crippen molar-refractivity contribution in [3.05, 3.63) is 115 Å². The summed E-state index contributed by atoms with van der Waals surface area (Å²) in [5.74, 6) is 0. The largest absolute Gasteiger partial charge is 0.405 e. The minimum atomic E-state index is -2.74. The third kappa shape index (κ3) is 6.30. The predicted molar refractivity (Wildman–Crippen MR) is 157 cm³/mol. The number of benzene rings is 3. The van der Waals surface area contributed by atoms with Crippen molar-refractivity contribution in [2.45, 2.75) is 63.6 Å². The summed E-state index contributed by atoms with van der Waals surface area (Å²) in [6.45, 7) is 11.7. The Morgan fingerprint density at radius 2 is 1.50 bits per heavy atom. The average Bonchev–Trinajstić information content (AvgIpc) is 2.95. The van der Waals surface area contributed by atoms with Crippen molar-refractivity contribution < 1.29 is 18.6 Å². The van der Waals surface area contributed by atoms with Crippen LogP contribution in [0, 0.1) is 6.10 Å². The van der Waals surface area contributed by atoms with Crippen LogP contribution in [0.15, 0.2) is 104 Å². The quantitative estimate of drug-likeness (QED) is 0.224. The maximum Gasteiger partial charge on any atom is 0.261 e. The Kier molecular flexibility index (Phi) is 9.63. The van der Waals surface area contributed by atoms with Crippen molar-refractivity contribution in [2.75, 3.05) is 13.7 Å². The molecule has 5 heteroatoms. The van der Waals surface area contributed by atoms with Crippen LogP contribution in [0.1, 0.15) is 39.2 Å². The van der Waals surface area contributed by atoms with E-state index in [4.69, 9.17) is 18.6 Å². The van der Waals surface area contributed by atoms with Gasteiger partial charge in [0.2, 0.25) is 0 Å². The van der Waals surface area contributed by atoms with Crippen LogP contribution in [-0.4, -0.2) is 40.3 Å². The Morgan fingerprint density at radius 1 is 0.947 bits per heavy atom. The molecule has 0 saturated carbocycles. The molecule has 0 unspecified atom stereocenters. The Balaban J connectivity index is 1.71. The Bertz CT molecular complexity index is 1070. The molecule has 0 aromatic heterocycles. The second-order valence-electron chi connectivity index (χ2n) is 10.9. The van der Waals surface area contributed by atoms with E-state index in [-0.39, 0.29) is 23.4 Å². The summed E-state index contributed by atoms with van der Waals surface area (Å²) in [4.78, 5) is 0. The predicted octanol–water partition coefficient (Wildman–Crippen LogP) is 6.06. The molecule has 3 aromatic rings. The van der Waals surface area contributed by atoms with E-state index in [9.17, 15) is 0 Å². The van der Waals surface area contributed by atoms with Gasteiger partial charge in [-0.3, -0.25) is 4.74 Å². The molecule has 1 aliphatic rings. The maximum atomic E-state index is 7.28. The van der Waals surface area contributed by atoms with Crippen molar-refractivity contribution >= 4 is 18.7 Å². The molecule has 1 aliphatic heterocycles. The van der Waals surface area contributed by atoms with Gasteiger partial charge in [-0.05, 0) is 21.0 Å². The molecule has 0 spiro atoms. The van der Waals surface area contributed by atoms with Gasteiger partial charge in [0.05, 0.1) is 25.7 Å². The second-order valence-corrected chi connectivity index (χ2v) is 15.2. The molecule has 0 aliphatic carbocycles. The molecule has 3 aromatic carbocycles. The molecule has 4 rings (SSSR count). The van der Waals surface area contributed by atoms with Gasteiger partial charge in [-0.15, -0.1) is 0 Å². The standard InChI is InChI=1S/C33H41O4Si/c1-6-27-22-23-30(34-5)32(37-27)31(35-24-26-16-10-7-11-17-26)25-36-38(33(2,3)4,28-18-12-8-13-19-28)29-20-14-9-15-21-29/h6-21,30-32H,1,22-25H2,2-5H3/q+1/t30-,31+,32+/m0/s1. The lowest BCUT2D eigenvalue weighted by atomic mass is 9.97. The molecule has 1 saturated heterocycles. The SMILES string of the molecule is C=C[C+]1CC[C@H](OC)[C@H]([C@@H](CO[Si](c2ccccc2)(c2ccccc2)C(C)(C)C)OCc2ccccc2)O1. The summed E-state index contributed by atoms with van der Waals surface area (Å²) in [5.41, 5.74) is 1.11. The van der Waals surface area contributed by atoms with Crippen molar-refractivity contribution in [3.8, 4) is 0 Å². The van der Waals surface area contributed by atoms with E-state index in [1.807, 2.05) is 18.2 Å². The van der Waals surface area contributed by atoms with E-state index in [0.29, 0.717) is 13.2 Å². The van der Waals surface area contributed by atoms with Gasteiger partial charge in [0.15, 0.2) is 6.10 Å². The number of methoxy groups -OCH3 is 1. The molecular formula is C33H41O4Si+. The number of rotatable bonds is 11. The van der Waals surface area contributed by atoms with Crippen LogP contribution in [0.25, 0.3) is 0 Å². The van der Waals surface area contributed by atoms with Gasteiger partial charge in [-0.1, -0.05) is 112 Å². The summed E-state index contributed by atoms with van der Waals surface area (Å²) >= 11 is 0. The highest BCUT2D eigenvalue weighted by atomic mass is 28.4. The summed E-state index contributed by atoms with van der Waals surface area (Å²) in [6.07, 6.45) is 3.60. The van der Waals surface area contributed by atoms with Crippen LogP contribution in [0.5, 0.6) is 0 Å². The zero-order valence-electron chi connectivity index (χ0n) is 23.1. The molecule has 1 heterocycles. The monoisotopic (exact) mass is 529 g/mol. The fraction of sp³-hybridized carbons (Fsp3) is 0.364. The van der Waals surface area contributed by atoms with Crippen molar-refractivity contribution in [2.24, 2.45) is 0 Å². The van der Waals surface area contributed by atoms with Crippen molar-refractivity contribution in [3.63, 3.8) is 0 Å². The van der Waals surface area contributed by atoms with Gasteiger partial charge in [-0.25, -0.2) is 0 Å². The molecule has 38 heavy (non-hydrogen) atoms. The molecular weight excluding hydrogens is 488 g/mol. The zero-order valence-corrected chi connectivity index (χ0v) is 24.1. The normalized spacial score (nSPS) is 19.2. The van der Waals surface area contributed by atoms with Crippen LogP contribution >= 0.6 is 0 Å². The molecule has 3 atom stereocenters. The smallest absolute Gasteiger partial charge is 0.261 e. The average molecular weight is 530 g/mol. The lowest BCUT2D eigenvalue weighted by Crippen LogP contribution is -2.67. The van der Waals surface area contributed by atoms with E-state index in [0.717, 1.165) is 24.5 Å². The third-order valence-corrected chi connectivity index (χ3v) is 12.4. The Morgan fingerprint density at radius 3 is 2.00 bits per heavy atom. The zero-order chi connectivity index (χ0) is 27.0. The highest BCUT2D eigenvalue weighted by molar-refractivity contribution is 6.99. The fourth-order valence-electron chi connectivity index (χ4n) is 5.46. The van der Waals surface area contributed by atoms with Gasteiger partial charge in [0, 0.05) is 20.1 Å². The first-order valence-corrected chi connectivity index (χ1v) is 15.4. The Labute approximate surface area is 229 Å². The van der Waals surface area contributed by atoms with E-state index < -0.39 is 8.32 Å². The van der Waals surface area contributed by atoms with Gasteiger partial charge >= 0.3 is 0 Å². The van der Waals surface area contributed by atoms with E-state index in [2.05, 4.69) is 100 Å². The third-order valence-electron chi connectivity index (χ3n) is 7.41. The van der Waals surface area contributed by atoms with Crippen LogP contribution in [0.4, 0.5) is 0 Å². The first-order valence-electron chi connectivity index (χ1n) is 13.5. The topological polar surface area (TPSA) is 36.9 Å². The van der Waals surface area contributed by atoms with Gasteiger partial charge in [-0.2, -0.15) is 0 Å². The minimum absolute atomic E-state index is 0.0952. The van der Waals surface area contributed by atoms with E-state index in [1.54, 1.807) is 13.2 Å². The molecule has 0 radical (unpaired) electrons. The summed E-state index contributed by atoms with van der Waals surface area (Å²) in [7, 11) is -0.998. The summed E-state index contributed by atoms with van der Waals surface area (Å²) < 4.78 is 26.2. The van der Waals surface area contributed by atoms with Crippen LogP contribution in [0.2, 0.25) is 5.04 Å². The van der Waals surface area contributed by atoms with Crippen LogP contribution in [0.3, 0.4) is 0 Å². The molecule has 200 valence electrons. The lowest BCUT2D eigenvalue weighted by molar-refractivity contribution is -0.156. The second kappa shape index (κ2) is 12.9. The highest BCUT2D eigenvalue weighted by Gasteiger charge is 2.51. The van der Waals surface area contributed by atoms with Gasteiger partial charge in [0.25, 0.3) is 8.32 Å². The summed E-state index contributed by atoms with van der Waals surface area (Å²) in [5, 5.41) is 2.35. The van der Waals surface area contributed by atoms with Crippen LogP contribution in [-0.2, 0) is 25.2 Å². The van der Waals surface area contributed by atoms with E-state index >= 15 is 0 Å².